The van der Waals surface area contributed by atoms with Crippen LogP contribution >= 0.6 is 0 Å². The molecule has 0 fully saturated rings. The highest BCUT2D eigenvalue weighted by Crippen LogP contribution is 2.21. The van der Waals surface area contributed by atoms with Gasteiger partial charge in [-0.1, -0.05) is 42.5 Å². The van der Waals surface area contributed by atoms with E-state index in [1.54, 1.807) is 38.1 Å². The number of amides is 1. The van der Waals surface area contributed by atoms with E-state index in [1.807, 2.05) is 30.3 Å². The molecular formula is C24H24N2O5. The highest BCUT2D eigenvalue weighted by atomic mass is 16.5. The third kappa shape index (κ3) is 5.01. The maximum atomic E-state index is 12.7. The van der Waals surface area contributed by atoms with Crippen LogP contribution in [0.1, 0.15) is 48.0 Å². The van der Waals surface area contributed by atoms with Gasteiger partial charge in [-0.15, -0.1) is 0 Å². The van der Waals surface area contributed by atoms with E-state index in [9.17, 15) is 14.4 Å². The largest absolute Gasteiger partial charge is 0.485 e. The van der Waals surface area contributed by atoms with Crippen LogP contribution in [-0.2, 0) is 11.3 Å². The van der Waals surface area contributed by atoms with E-state index >= 15 is 0 Å². The van der Waals surface area contributed by atoms with Gasteiger partial charge in [-0.3, -0.25) is 9.59 Å². The molecule has 3 rings (SSSR count). The molecule has 0 spiro atoms. The van der Waals surface area contributed by atoms with E-state index in [1.165, 1.54) is 7.11 Å². The van der Waals surface area contributed by atoms with Crippen LogP contribution in [0.25, 0.3) is 0 Å². The van der Waals surface area contributed by atoms with Crippen molar-refractivity contribution in [2.75, 3.05) is 13.7 Å². The fourth-order valence-electron chi connectivity index (χ4n) is 3.31. The number of hydrogen-bond acceptors (Lipinski definition) is 5. The zero-order valence-corrected chi connectivity index (χ0v) is 17.7. The number of aromatic nitrogens is 1. The number of aryl methyl sites for hydroxylation is 1. The van der Waals surface area contributed by atoms with Crippen LogP contribution in [0.15, 0.2) is 54.6 Å². The summed E-state index contributed by atoms with van der Waals surface area (Å²) in [4.78, 5) is 40.2. The molecule has 3 aromatic rings. The Labute approximate surface area is 180 Å². The average Bonchev–Trinajstić information content (AvgIpc) is 3.10. The van der Waals surface area contributed by atoms with Crippen LogP contribution < -0.4 is 10.1 Å². The minimum absolute atomic E-state index is 0.281. The number of Topliss-reactive ketones (excluding diaryl/α,β-unsaturated/α-hetero) is 1. The van der Waals surface area contributed by atoms with Crippen molar-refractivity contribution in [2.45, 2.75) is 20.4 Å². The first-order valence-corrected chi connectivity index (χ1v) is 9.77. The molecule has 0 bridgehead atoms. The summed E-state index contributed by atoms with van der Waals surface area (Å²) in [6, 6.07) is 16.3. The summed E-state index contributed by atoms with van der Waals surface area (Å²) in [5.41, 5.74) is 2.99. The first-order valence-electron chi connectivity index (χ1n) is 9.77. The Morgan fingerprint density at radius 1 is 0.968 bits per heavy atom. The van der Waals surface area contributed by atoms with E-state index in [0.29, 0.717) is 34.7 Å². The van der Waals surface area contributed by atoms with Crippen molar-refractivity contribution in [3.05, 3.63) is 88.2 Å². The maximum Gasteiger partial charge on any atom is 0.339 e. The van der Waals surface area contributed by atoms with Crippen LogP contribution in [0.2, 0.25) is 0 Å². The number of H-pyrrole nitrogens is 1. The molecule has 0 radical (unpaired) electrons. The van der Waals surface area contributed by atoms with Crippen LogP contribution in [0.4, 0.5) is 0 Å². The number of ether oxygens (including phenoxy) is 2. The summed E-state index contributed by atoms with van der Waals surface area (Å²) in [7, 11) is 1.29. The monoisotopic (exact) mass is 420 g/mol. The van der Waals surface area contributed by atoms with Gasteiger partial charge < -0.3 is 19.8 Å². The van der Waals surface area contributed by atoms with Crippen molar-refractivity contribution < 1.29 is 23.9 Å². The van der Waals surface area contributed by atoms with Crippen molar-refractivity contribution >= 4 is 17.7 Å². The second kappa shape index (κ2) is 9.75. The predicted molar refractivity (Wildman–Crippen MR) is 115 cm³/mol. The predicted octanol–water partition coefficient (Wildman–Crippen LogP) is 3.61. The highest BCUT2D eigenvalue weighted by Gasteiger charge is 2.23. The maximum absolute atomic E-state index is 12.7. The lowest BCUT2D eigenvalue weighted by Crippen LogP contribution is -2.24. The third-order valence-electron chi connectivity index (χ3n) is 4.89. The molecule has 2 N–H and O–H groups in total. The molecule has 0 atom stereocenters. The second-order valence-corrected chi connectivity index (χ2v) is 6.99. The first-order chi connectivity index (χ1) is 14.9. The second-order valence-electron chi connectivity index (χ2n) is 6.99. The molecule has 7 nitrogen and oxygen atoms in total. The Hall–Kier alpha value is -3.87. The van der Waals surface area contributed by atoms with Crippen molar-refractivity contribution in [3.8, 4) is 5.75 Å². The molecule has 160 valence electrons. The minimum Gasteiger partial charge on any atom is -0.485 e. The number of carbonyl (C=O) groups excluding carboxylic acids is 3. The standard InChI is InChI=1S/C24H24N2O5/c1-15-21(24(29)30-3)16(2)26-22(15)19(27)14-31-20-12-8-7-11-18(20)23(28)25-13-17-9-5-4-6-10-17/h4-12,26H,13-14H2,1-3H3,(H,25,28). The highest BCUT2D eigenvalue weighted by molar-refractivity contribution is 6.02. The molecule has 0 unspecified atom stereocenters. The Morgan fingerprint density at radius 2 is 1.65 bits per heavy atom. The molecule has 1 aromatic heterocycles. The average molecular weight is 420 g/mol. The quantitative estimate of drug-likeness (QED) is 0.429. The summed E-state index contributed by atoms with van der Waals surface area (Å²) < 4.78 is 10.4. The van der Waals surface area contributed by atoms with Gasteiger partial charge in [0.1, 0.15) is 5.75 Å². The number of carbonyl (C=O) groups is 3. The summed E-state index contributed by atoms with van der Waals surface area (Å²) in [6.07, 6.45) is 0. The molecular weight excluding hydrogens is 396 g/mol. The zero-order chi connectivity index (χ0) is 22.4. The molecule has 31 heavy (non-hydrogen) atoms. The Balaban J connectivity index is 1.69. The smallest absolute Gasteiger partial charge is 0.339 e. The number of para-hydroxylation sites is 1. The van der Waals surface area contributed by atoms with E-state index in [-0.39, 0.29) is 24.0 Å². The molecule has 0 saturated carbocycles. The van der Waals surface area contributed by atoms with Crippen LogP contribution in [0, 0.1) is 13.8 Å². The van der Waals surface area contributed by atoms with E-state index in [4.69, 9.17) is 9.47 Å². The van der Waals surface area contributed by atoms with Gasteiger partial charge in [0.25, 0.3) is 5.91 Å². The van der Waals surface area contributed by atoms with Crippen molar-refractivity contribution in [3.63, 3.8) is 0 Å². The zero-order valence-electron chi connectivity index (χ0n) is 17.7. The first kappa shape index (κ1) is 21.8. The van der Waals surface area contributed by atoms with E-state index in [0.717, 1.165) is 5.56 Å². The van der Waals surface area contributed by atoms with Gasteiger partial charge in [-0.2, -0.15) is 0 Å². The molecule has 1 heterocycles. The summed E-state index contributed by atoms with van der Waals surface area (Å²) >= 11 is 0. The van der Waals surface area contributed by atoms with Crippen molar-refractivity contribution in [2.24, 2.45) is 0 Å². The van der Waals surface area contributed by atoms with Gasteiger partial charge in [-0.05, 0) is 37.1 Å². The van der Waals surface area contributed by atoms with Gasteiger partial charge >= 0.3 is 5.97 Å². The third-order valence-corrected chi connectivity index (χ3v) is 4.89. The number of nitrogens with one attached hydrogen (secondary N) is 2. The number of methoxy groups -OCH3 is 1. The number of rotatable bonds is 8. The SMILES string of the molecule is COC(=O)c1c(C)[nH]c(C(=O)COc2ccccc2C(=O)NCc2ccccc2)c1C. The molecule has 7 heteroatoms. The fourth-order valence-corrected chi connectivity index (χ4v) is 3.31. The number of hydrogen-bond donors (Lipinski definition) is 2. The number of aromatic amines is 1. The van der Waals surface area contributed by atoms with E-state index < -0.39 is 5.97 Å². The number of benzene rings is 2. The number of esters is 1. The van der Waals surface area contributed by atoms with Crippen molar-refractivity contribution in [1.29, 1.82) is 0 Å². The normalized spacial score (nSPS) is 10.4. The Bertz CT molecular complexity index is 1100. The molecule has 2 aromatic carbocycles. The summed E-state index contributed by atoms with van der Waals surface area (Å²) in [6.45, 7) is 3.46. The van der Waals surface area contributed by atoms with Crippen LogP contribution in [0.5, 0.6) is 5.75 Å². The van der Waals surface area contributed by atoms with Crippen molar-refractivity contribution in [1.82, 2.24) is 10.3 Å². The lowest BCUT2D eigenvalue weighted by atomic mass is 10.1. The lowest BCUT2D eigenvalue weighted by Gasteiger charge is -2.11. The Morgan fingerprint density at radius 3 is 2.35 bits per heavy atom. The molecule has 0 aliphatic carbocycles. The minimum atomic E-state index is -0.508. The summed E-state index contributed by atoms with van der Waals surface area (Å²) in [5.74, 6) is -0.843. The molecule has 0 aliphatic rings. The lowest BCUT2D eigenvalue weighted by molar-refractivity contribution is 0.0599. The van der Waals surface area contributed by atoms with Gasteiger partial charge in [0.2, 0.25) is 5.78 Å². The number of ketones is 1. The molecule has 0 saturated heterocycles. The van der Waals surface area contributed by atoms with Gasteiger partial charge in [0, 0.05) is 12.2 Å². The van der Waals surface area contributed by atoms with Crippen LogP contribution in [-0.4, -0.2) is 36.4 Å². The molecule has 0 aliphatic heterocycles. The Kier molecular flexibility index (Phi) is 6.87. The van der Waals surface area contributed by atoms with Gasteiger partial charge in [-0.25, -0.2) is 4.79 Å². The van der Waals surface area contributed by atoms with E-state index in [2.05, 4.69) is 10.3 Å². The topological polar surface area (TPSA) is 97.5 Å². The van der Waals surface area contributed by atoms with Crippen LogP contribution in [0.3, 0.4) is 0 Å². The van der Waals surface area contributed by atoms with Gasteiger partial charge in [0.05, 0.1) is 23.9 Å². The fraction of sp³-hybridized carbons (Fsp3) is 0.208. The van der Waals surface area contributed by atoms with Gasteiger partial charge in [0.15, 0.2) is 6.61 Å². The molecule has 1 amide bonds. The summed E-state index contributed by atoms with van der Waals surface area (Å²) in [5, 5.41) is 2.85.